The van der Waals surface area contributed by atoms with E-state index in [1.807, 2.05) is 29.9 Å². The molecule has 0 radical (unpaired) electrons. The van der Waals surface area contributed by atoms with Crippen LogP contribution in [0.2, 0.25) is 0 Å². The Morgan fingerprint density at radius 3 is 2.95 bits per heavy atom. The number of carbonyl (C=O) groups excluding carboxylic acids is 1. The Bertz CT molecular complexity index is 751. The first-order valence-electron chi connectivity index (χ1n) is 6.40. The largest absolute Gasteiger partial charge is 0.468 e. The van der Waals surface area contributed by atoms with Crippen LogP contribution >= 0.6 is 23.1 Å². The quantitative estimate of drug-likeness (QED) is 0.527. The fraction of sp³-hybridized carbons (Fsp3) is 0.214. The number of furan rings is 1. The van der Waals surface area contributed by atoms with Crippen LogP contribution in [0.1, 0.15) is 10.8 Å². The molecule has 8 heteroatoms. The average Bonchev–Trinajstić information content (AvgIpc) is 3.26. The van der Waals surface area contributed by atoms with E-state index in [1.165, 1.54) is 30.2 Å². The van der Waals surface area contributed by atoms with Gasteiger partial charge in [-0.2, -0.15) is 11.3 Å². The molecule has 1 unspecified atom stereocenters. The lowest BCUT2D eigenvalue weighted by Gasteiger charge is -2.12. The maximum absolute atomic E-state index is 12.0. The molecule has 0 aliphatic carbocycles. The third kappa shape index (κ3) is 2.79. The van der Waals surface area contributed by atoms with Gasteiger partial charge in [0.2, 0.25) is 0 Å². The Hall–Kier alpha value is -2.06. The molecule has 0 aliphatic heterocycles. The fourth-order valence-electron chi connectivity index (χ4n) is 1.93. The average molecular weight is 335 g/mol. The molecule has 0 aromatic carbocycles. The van der Waals surface area contributed by atoms with Crippen molar-refractivity contribution in [1.82, 2.24) is 14.8 Å². The Kier molecular flexibility index (Phi) is 4.30. The number of hydrogen-bond donors (Lipinski definition) is 0. The van der Waals surface area contributed by atoms with Gasteiger partial charge in [-0.3, -0.25) is 4.79 Å². The van der Waals surface area contributed by atoms with E-state index in [2.05, 4.69) is 10.2 Å². The molecule has 0 bridgehead atoms. The molecule has 22 heavy (non-hydrogen) atoms. The van der Waals surface area contributed by atoms with Crippen molar-refractivity contribution in [1.29, 1.82) is 0 Å². The van der Waals surface area contributed by atoms with Gasteiger partial charge in [-0.1, -0.05) is 11.8 Å². The number of ether oxygens (including phenoxy) is 1. The van der Waals surface area contributed by atoms with Crippen molar-refractivity contribution in [2.24, 2.45) is 7.05 Å². The van der Waals surface area contributed by atoms with Gasteiger partial charge in [0, 0.05) is 7.05 Å². The van der Waals surface area contributed by atoms with Crippen molar-refractivity contribution in [3.8, 4) is 11.6 Å². The van der Waals surface area contributed by atoms with Crippen LogP contribution in [0.3, 0.4) is 0 Å². The summed E-state index contributed by atoms with van der Waals surface area (Å²) in [7, 11) is 3.22. The molecule has 0 fully saturated rings. The third-order valence-electron chi connectivity index (χ3n) is 3.06. The minimum atomic E-state index is -0.469. The van der Waals surface area contributed by atoms with Gasteiger partial charge >= 0.3 is 5.97 Å². The number of thiophene rings is 1. The van der Waals surface area contributed by atoms with Gasteiger partial charge in [-0.15, -0.1) is 10.2 Å². The molecular weight excluding hydrogens is 322 g/mol. The van der Waals surface area contributed by atoms with Crippen molar-refractivity contribution in [2.75, 3.05) is 7.11 Å². The van der Waals surface area contributed by atoms with Crippen molar-refractivity contribution in [3.05, 3.63) is 40.8 Å². The van der Waals surface area contributed by atoms with Crippen LogP contribution in [0.15, 0.2) is 44.8 Å². The molecule has 3 rings (SSSR count). The van der Waals surface area contributed by atoms with E-state index in [1.54, 1.807) is 16.9 Å². The van der Waals surface area contributed by atoms with Crippen molar-refractivity contribution in [2.45, 2.75) is 10.4 Å². The van der Waals surface area contributed by atoms with Crippen LogP contribution in [0.5, 0.6) is 0 Å². The zero-order valence-corrected chi connectivity index (χ0v) is 13.6. The SMILES string of the molecule is COC(=O)C(Sc1nnc(-c2ccco2)n1C)c1ccsc1. The minimum Gasteiger partial charge on any atom is -0.468 e. The number of hydrogen-bond acceptors (Lipinski definition) is 7. The minimum absolute atomic E-state index is 0.314. The maximum Gasteiger partial charge on any atom is 0.323 e. The van der Waals surface area contributed by atoms with E-state index in [9.17, 15) is 4.79 Å². The molecule has 0 amide bonds. The van der Waals surface area contributed by atoms with Gasteiger partial charge in [-0.05, 0) is 34.5 Å². The number of methoxy groups -OCH3 is 1. The molecule has 0 aliphatic rings. The van der Waals surface area contributed by atoms with Gasteiger partial charge in [-0.25, -0.2) is 0 Å². The first-order valence-corrected chi connectivity index (χ1v) is 8.23. The number of aromatic nitrogens is 3. The molecule has 6 nitrogen and oxygen atoms in total. The summed E-state index contributed by atoms with van der Waals surface area (Å²) in [4.78, 5) is 12.0. The second kappa shape index (κ2) is 6.37. The van der Waals surface area contributed by atoms with E-state index in [0.717, 1.165) is 5.56 Å². The molecule has 0 spiro atoms. The monoisotopic (exact) mass is 335 g/mol. The van der Waals surface area contributed by atoms with Gasteiger partial charge in [0.05, 0.1) is 13.4 Å². The summed E-state index contributed by atoms with van der Waals surface area (Å²) >= 11 is 2.84. The van der Waals surface area contributed by atoms with Gasteiger partial charge in [0.15, 0.2) is 16.7 Å². The highest BCUT2D eigenvalue weighted by molar-refractivity contribution is 8.00. The first-order chi connectivity index (χ1) is 10.7. The highest BCUT2D eigenvalue weighted by atomic mass is 32.2. The summed E-state index contributed by atoms with van der Waals surface area (Å²) < 4.78 is 12.0. The lowest BCUT2D eigenvalue weighted by Crippen LogP contribution is -2.11. The molecule has 0 saturated heterocycles. The summed E-state index contributed by atoms with van der Waals surface area (Å²) in [6.45, 7) is 0. The molecule has 1 atom stereocenters. The summed E-state index contributed by atoms with van der Waals surface area (Å²) in [6, 6.07) is 5.51. The number of esters is 1. The van der Waals surface area contributed by atoms with Gasteiger partial charge in [0.1, 0.15) is 5.25 Å². The highest BCUT2D eigenvalue weighted by Crippen LogP contribution is 2.37. The predicted molar refractivity (Wildman–Crippen MR) is 83.6 cm³/mol. The van der Waals surface area contributed by atoms with Crippen LogP contribution in [-0.2, 0) is 16.6 Å². The van der Waals surface area contributed by atoms with E-state index in [0.29, 0.717) is 16.7 Å². The highest BCUT2D eigenvalue weighted by Gasteiger charge is 2.26. The van der Waals surface area contributed by atoms with Gasteiger partial charge in [0.25, 0.3) is 0 Å². The number of thioether (sulfide) groups is 1. The summed E-state index contributed by atoms with van der Waals surface area (Å²) in [6.07, 6.45) is 1.58. The third-order valence-corrected chi connectivity index (χ3v) is 5.03. The van der Waals surface area contributed by atoms with Crippen LogP contribution in [0.25, 0.3) is 11.6 Å². The van der Waals surface area contributed by atoms with Crippen LogP contribution in [-0.4, -0.2) is 27.8 Å². The van der Waals surface area contributed by atoms with Crippen molar-refractivity contribution in [3.63, 3.8) is 0 Å². The molecule has 3 heterocycles. The molecule has 3 aromatic heterocycles. The zero-order chi connectivity index (χ0) is 15.5. The van der Waals surface area contributed by atoms with Crippen molar-refractivity contribution >= 4 is 29.1 Å². The van der Waals surface area contributed by atoms with Crippen LogP contribution < -0.4 is 0 Å². The fourth-order valence-corrected chi connectivity index (χ4v) is 3.72. The zero-order valence-electron chi connectivity index (χ0n) is 11.9. The van der Waals surface area contributed by atoms with E-state index in [4.69, 9.17) is 9.15 Å². The van der Waals surface area contributed by atoms with E-state index >= 15 is 0 Å². The normalized spacial score (nSPS) is 12.3. The Morgan fingerprint density at radius 2 is 2.32 bits per heavy atom. The van der Waals surface area contributed by atoms with Crippen LogP contribution in [0, 0.1) is 0 Å². The lowest BCUT2D eigenvalue weighted by atomic mass is 10.2. The predicted octanol–water partition coefficient (Wildman–Crippen LogP) is 3.14. The molecule has 3 aromatic rings. The molecule has 114 valence electrons. The second-order valence-electron chi connectivity index (χ2n) is 4.42. The molecule has 0 saturated carbocycles. The number of rotatable bonds is 5. The summed E-state index contributed by atoms with van der Waals surface area (Å²) in [5.74, 6) is 0.930. The van der Waals surface area contributed by atoms with E-state index in [-0.39, 0.29) is 5.97 Å². The Balaban J connectivity index is 1.89. The van der Waals surface area contributed by atoms with Crippen LogP contribution in [0.4, 0.5) is 0 Å². The Labute approximate surface area is 135 Å². The number of nitrogens with zero attached hydrogens (tertiary/aromatic N) is 3. The molecule has 0 N–H and O–H groups in total. The first kappa shape index (κ1) is 14.9. The lowest BCUT2D eigenvalue weighted by molar-refractivity contribution is -0.140. The summed E-state index contributed by atoms with van der Waals surface area (Å²) in [5, 5.41) is 12.3. The number of carbonyl (C=O) groups is 1. The maximum atomic E-state index is 12.0. The second-order valence-corrected chi connectivity index (χ2v) is 6.27. The molecular formula is C14H13N3O3S2. The summed E-state index contributed by atoms with van der Waals surface area (Å²) in [5.41, 5.74) is 0.893. The van der Waals surface area contributed by atoms with Crippen molar-refractivity contribution < 1.29 is 13.9 Å². The smallest absolute Gasteiger partial charge is 0.323 e. The van der Waals surface area contributed by atoms with Gasteiger partial charge < -0.3 is 13.7 Å². The Morgan fingerprint density at radius 1 is 1.45 bits per heavy atom. The standard InChI is InChI=1S/C14H13N3O3S2/c1-17-12(10-4-3-6-20-10)15-16-14(17)22-11(13(18)19-2)9-5-7-21-8-9/h3-8,11H,1-2H3. The topological polar surface area (TPSA) is 70.2 Å². The van der Waals surface area contributed by atoms with E-state index < -0.39 is 5.25 Å².